The van der Waals surface area contributed by atoms with Gasteiger partial charge >= 0.3 is 103 Å². The van der Waals surface area contributed by atoms with Crippen molar-refractivity contribution in [1.29, 1.82) is 0 Å². The molecule has 0 aliphatic rings. The second kappa shape index (κ2) is 19.3. The van der Waals surface area contributed by atoms with Crippen LogP contribution in [0.25, 0.3) is 22.1 Å². The van der Waals surface area contributed by atoms with Crippen molar-refractivity contribution >= 4 is 99.8 Å². The van der Waals surface area contributed by atoms with E-state index in [-0.39, 0.29) is 123 Å². The molecule has 0 amide bonds. The van der Waals surface area contributed by atoms with Crippen LogP contribution in [-0.4, -0.2) is 34.5 Å². The molecular weight excluding hydrogens is 698 g/mol. The van der Waals surface area contributed by atoms with E-state index in [9.17, 15) is 0 Å². The first kappa shape index (κ1) is 35.3. The number of carbonyl (C=O) groups excluding carboxylic acids is 1. The maximum atomic E-state index is 8.97. The van der Waals surface area contributed by atoms with E-state index in [1.54, 1.807) is 0 Å². The van der Waals surface area contributed by atoms with Gasteiger partial charge in [0.2, 0.25) is 0 Å². The number of carbonyl (C=O) groups is 1. The van der Waals surface area contributed by atoms with Gasteiger partial charge in [0.1, 0.15) is 22.1 Å². The van der Waals surface area contributed by atoms with Crippen molar-refractivity contribution < 1.29 is 130 Å². The molecule has 0 aliphatic carbocycles. The van der Waals surface area contributed by atoms with E-state index in [0.29, 0.717) is 0 Å². The standard InChI is InChI=1S/C7H4Br2N2S.C7H5BrN2OS.CH2O3.2K.H2O.H/c8-3-4-1-2-5(9)7-6(4)10-12-11-7;8-5-2-1-4(3-11)6-7(5)10-12-9-6;2-1-4-3;;;;/h1-2H,3H2;1-2,11H,3H2;1,3H;;;1H2;/q;;;2*+1;;-1/p-1. The van der Waals surface area contributed by atoms with Crippen LogP contribution in [0.15, 0.2) is 33.2 Å². The number of aromatic nitrogens is 4. The second-order valence-electron chi connectivity index (χ2n) is 4.82. The van der Waals surface area contributed by atoms with Crippen LogP contribution >= 0.6 is 71.2 Å². The third kappa shape index (κ3) is 10.3. The van der Waals surface area contributed by atoms with Crippen molar-refractivity contribution in [1.82, 2.24) is 17.5 Å². The largest absolute Gasteiger partial charge is 1.00 e. The molecule has 0 atom stereocenters. The molecule has 9 nitrogen and oxygen atoms in total. The number of aliphatic hydroxyl groups is 1. The fourth-order valence-electron chi connectivity index (χ4n) is 2.01. The average molecular weight is 711 g/mol. The molecule has 4 rings (SSSR count). The molecule has 2 aromatic carbocycles. The SMILES string of the molecule is BrCc1ccc(Br)c2nsnc12.O.O=CO[O-].OCc1ccc(Br)c2nsnc12.[H-].[K+].[K+]. The Balaban J connectivity index is -0.000000408. The zero-order chi connectivity index (χ0) is 20.5. The van der Waals surface area contributed by atoms with Crippen molar-refractivity contribution in [3.63, 3.8) is 0 Å². The molecule has 0 spiro atoms. The molecular formula is C15H13Br3K2N4O5S2. The van der Waals surface area contributed by atoms with Crippen LogP contribution in [-0.2, 0) is 21.6 Å². The monoisotopic (exact) mass is 708 g/mol. The van der Waals surface area contributed by atoms with Gasteiger partial charge in [-0.05, 0) is 49.6 Å². The van der Waals surface area contributed by atoms with Crippen LogP contribution in [0, 0.1) is 0 Å². The molecule has 0 bridgehead atoms. The predicted molar refractivity (Wildman–Crippen MR) is 121 cm³/mol. The summed E-state index contributed by atoms with van der Waals surface area (Å²) >= 11 is 12.6. The van der Waals surface area contributed by atoms with Crippen molar-refractivity contribution in [2.24, 2.45) is 0 Å². The Morgan fingerprint density at radius 1 is 0.935 bits per heavy atom. The van der Waals surface area contributed by atoms with Crippen LogP contribution < -0.4 is 108 Å². The van der Waals surface area contributed by atoms with Gasteiger partial charge in [-0.15, -0.1) is 0 Å². The maximum Gasteiger partial charge on any atom is 1.00 e. The molecule has 0 saturated heterocycles. The van der Waals surface area contributed by atoms with Crippen LogP contribution in [0.5, 0.6) is 0 Å². The number of benzene rings is 2. The number of halogens is 3. The first-order chi connectivity index (χ1) is 13.6. The minimum absolute atomic E-state index is 0. The van der Waals surface area contributed by atoms with Crippen LogP contribution in [0.2, 0.25) is 0 Å². The summed E-state index contributed by atoms with van der Waals surface area (Å²) in [6.07, 6.45) is 0. The average Bonchev–Trinajstić information content (AvgIpc) is 3.40. The summed E-state index contributed by atoms with van der Waals surface area (Å²) in [7, 11) is 0. The van der Waals surface area contributed by atoms with E-state index in [2.05, 4.69) is 70.2 Å². The van der Waals surface area contributed by atoms with Crippen molar-refractivity contribution in [3.8, 4) is 0 Å². The number of hydrogen-bond donors (Lipinski definition) is 1. The van der Waals surface area contributed by atoms with Crippen molar-refractivity contribution in [2.75, 3.05) is 0 Å². The fraction of sp³-hybridized carbons (Fsp3) is 0.133. The number of fused-ring (bicyclic) bond motifs is 2. The number of aliphatic hydroxyl groups excluding tert-OH is 1. The molecule has 2 aromatic heterocycles. The number of rotatable bonds is 3. The smallest absolute Gasteiger partial charge is 1.00 e. The minimum atomic E-state index is -0.181. The minimum Gasteiger partial charge on any atom is -1.00 e. The number of hydrogen-bond acceptors (Lipinski definition) is 10. The van der Waals surface area contributed by atoms with Crippen LogP contribution in [0.1, 0.15) is 12.6 Å². The number of nitrogens with zero attached hydrogens (tertiary/aromatic N) is 4. The van der Waals surface area contributed by atoms with Gasteiger partial charge < -0.3 is 22.2 Å². The number of alkyl halides is 1. The molecule has 2 heterocycles. The van der Waals surface area contributed by atoms with Crippen LogP contribution in [0.4, 0.5) is 0 Å². The second-order valence-corrected chi connectivity index (χ2v) is 8.15. The summed E-state index contributed by atoms with van der Waals surface area (Å²) < 4.78 is 18.5. The molecule has 0 unspecified atom stereocenters. The molecule has 0 aliphatic heterocycles. The quantitative estimate of drug-likeness (QED) is 0.0778. The van der Waals surface area contributed by atoms with Gasteiger partial charge in [0.15, 0.2) is 0 Å². The zero-order valence-electron chi connectivity index (χ0n) is 17.2. The van der Waals surface area contributed by atoms with Crippen molar-refractivity contribution in [3.05, 3.63) is 44.3 Å². The summed E-state index contributed by atoms with van der Waals surface area (Å²) in [4.78, 5) is 11.2. The molecule has 0 saturated carbocycles. The van der Waals surface area contributed by atoms with E-state index >= 15 is 0 Å². The Labute approximate surface area is 297 Å². The molecule has 158 valence electrons. The molecule has 0 fully saturated rings. The van der Waals surface area contributed by atoms with Gasteiger partial charge in [0.25, 0.3) is 6.47 Å². The first-order valence-corrected chi connectivity index (χ1v) is 11.4. The first-order valence-electron chi connectivity index (χ1n) is 7.25. The van der Waals surface area contributed by atoms with Gasteiger partial charge in [0, 0.05) is 19.8 Å². The van der Waals surface area contributed by atoms with E-state index < -0.39 is 0 Å². The third-order valence-electron chi connectivity index (χ3n) is 3.25. The molecule has 3 N–H and O–H groups in total. The summed E-state index contributed by atoms with van der Waals surface area (Å²) in [6, 6.07) is 7.76. The fourth-order valence-corrected chi connectivity index (χ4v) is 4.70. The Morgan fingerprint density at radius 2 is 1.32 bits per heavy atom. The Bertz CT molecular complexity index is 1000. The van der Waals surface area contributed by atoms with Crippen LogP contribution in [0.3, 0.4) is 0 Å². The Kier molecular flexibility index (Phi) is 22.0. The molecule has 0 radical (unpaired) electrons. The van der Waals surface area contributed by atoms with E-state index in [4.69, 9.17) is 15.2 Å². The maximum absolute atomic E-state index is 8.97. The van der Waals surface area contributed by atoms with E-state index in [1.807, 2.05) is 24.3 Å². The molecule has 16 heteroatoms. The summed E-state index contributed by atoms with van der Waals surface area (Å²) in [5.41, 5.74) is 5.57. The van der Waals surface area contributed by atoms with E-state index in [0.717, 1.165) is 53.6 Å². The van der Waals surface area contributed by atoms with E-state index in [1.165, 1.54) is 17.3 Å². The van der Waals surface area contributed by atoms with Gasteiger partial charge in [-0.25, -0.2) is 0 Å². The Morgan fingerprint density at radius 3 is 1.71 bits per heavy atom. The predicted octanol–water partition coefficient (Wildman–Crippen LogP) is -2.97. The van der Waals surface area contributed by atoms with Gasteiger partial charge in [-0.2, -0.15) is 17.5 Å². The summed E-state index contributed by atoms with van der Waals surface area (Å²) in [6.45, 7) is -0.171. The summed E-state index contributed by atoms with van der Waals surface area (Å²) in [5, 5.41) is 18.2. The van der Waals surface area contributed by atoms with Gasteiger partial charge in [-0.1, -0.05) is 28.1 Å². The topological polar surface area (TPSA) is 153 Å². The Hall–Kier alpha value is 2.14. The third-order valence-corrected chi connectivity index (χ3v) is 6.19. The van der Waals surface area contributed by atoms with Gasteiger partial charge in [0.05, 0.1) is 30.1 Å². The zero-order valence-corrected chi connectivity index (χ0v) is 28.8. The summed E-state index contributed by atoms with van der Waals surface area (Å²) in [5.74, 6) is 0. The normalized spacial score (nSPS) is 9.06. The van der Waals surface area contributed by atoms with Crippen molar-refractivity contribution in [2.45, 2.75) is 11.9 Å². The van der Waals surface area contributed by atoms with Gasteiger partial charge in [-0.3, -0.25) is 4.79 Å². The molecule has 31 heavy (non-hydrogen) atoms. The molecule has 4 aromatic rings.